The molecule has 232 valence electrons. The highest BCUT2D eigenvalue weighted by atomic mass is 16.6. The van der Waals surface area contributed by atoms with Gasteiger partial charge in [-0.25, -0.2) is 4.79 Å². The van der Waals surface area contributed by atoms with Crippen LogP contribution in [0, 0.1) is 35.0 Å². The molecule has 2 aliphatic heterocycles. The second kappa shape index (κ2) is 10.8. The number of amides is 1. The first-order valence-electron chi connectivity index (χ1n) is 16.9. The number of nitrogens with zero attached hydrogens (tertiary/aromatic N) is 2. The summed E-state index contributed by atoms with van der Waals surface area (Å²) in [6, 6.07) is 10.1. The third kappa shape index (κ3) is 4.78. The molecule has 2 saturated heterocycles. The number of piperidine rings is 1. The molecule has 0 aromatic heterocycles. The van der Waals surface area contributed by atoms with Gasteiger partial charge in [-0.15, -0.1) is 0 Å². The largest absolute Gasteiger partial charge is 0.445 e. The smallest absolute Gasteiger partial charge is 0.410 e. The number of hydroxylamine groups is 1. The van der Waals surface area contributed by atoms with Crippen LogP contribution in [0.15, 0.2) is 53.1 Å². The Balaban J connectivity index is 1.12. The standard InChI is InChI=1S/C37H51N2O4/c1-23-17-33-34(39(21-23)35(40)42-22-26-9-7-6-8-10-26)25(3)37(43-33)16-14-29-30-12-11-27-18-28(38(5)41)13-15-36(27,4)32(30)19-31(29)24(2)20-37/h6-10,18,23,25,29-30,32-34,41H,11-17,19-22H2,1-5H3/q+1/t23-,25+,29-,30-,32-,33+,34-,36-,37-/m0/s1. The fraction of sp³-hybridized carbons (Fsp3) is 0.676. The summed E-state index contributed by atoms with van der Waals surface area (Å²) in [4.78, 5) is 15.6. The number of allylic oxidation sites excluding steroid dienone is 3. The number of likely N-dealkylation sites (tertiary alicyclic amines) is 1. The summed E-state index contributed by atoms with van der Waals surface area (Å²) < 4.78 is 14.4. The van der Waals surface area contributed by atoms with Crippen molar-refractivity contribution in [3.63, 3.8) is 0 Å². The maximum Gasteiger partial charge on any atom is 0.410 e. The minimum Gasteiger partial charge on any atom is -0.445 e. The van der Waals surface area contributed by atoms with Crippen LogP contribution < -0.4 is 0 Å². The van der Waals surface area contributed by atoms with Crippen LogP contribution in [-0.4, -0.2) is 58.0 Å². The molecule has 1 spiro atoms. The lowest BCUT2D eigenvalue weighted by Gasteiger charge is -2.48. The van der Waals surface area contributed by atoms with Gasteiger partial charge in [-0.05, 0) is 97.7 Å². The molecular weight excluding hydrogens is 536 g/mol. The van der Waals surface area contributed by atoms with Gasteiger partial charge in [0, 0.05) is 25.0 Å². The molecule has 9 atom stereocenters. The molecule has 7 rings (SSSR count). The molecule has 4 aliphatic carbocycles. The van der Waals surface area contributed by atoms with E-state index in [1.165, 1.54) is 24.0 Å². The number of benzene rings is 1. The van der Waals surface area contributed by atoms with Crippen molar-refractivity contribution in [2.24, 2.45) is 35.0 Å². The SMILES string of the molecule is CC1=C2C[C@H]3[C@@H](CCC4=CC(=[N+](C)O)CC[C@@]43C)[C@@H]2CC[C@@]2(C1)O[C@@H]1C[C@H](C)CN(C(=O)OCc3ccccc3)[C@H]1[C@H]2C. The highest BCUT2D eigenvalue weighted by molar-refractivity contribution is 5.92. The monoisotopic (exact) mass is 587 g/mol. The van der Waals surface area contributed by atoms with Gasteiger partial charge in [-0.2, -0.15) is 0 Å². The fourth-order valence-electron chi connectivity index (χ4n) is 10.6. The van der Waals surface area contributed by atoms with Crippen LogP contribution in [0.1, 0.15) is 91.0 Å². The van der Waals surface area contributed by atoms with Gasteiger partial charge in [-0.3, -0.25) is 5.21 Å². The van der Waals surface area contributed by atoms with E-state index in [1.54, 1.807) is 23.8 Å². The van der Waals surface area contributed by atoms with Crippen LogP contribution >= 0.6 is 0 Å². The first-order valence-corrected chi connectivity index (χ1v) is 16.9. The summed E-state index contributed by atoms with van der Waals surface area (Å²) in [6.07, 6.45) is 12.2. The van der Waals surface area contributed by atoms with Crippen molar-refractivity contribution in [3.8, 4) is 0 Å². The van der Waals surface area contributed by atoms with Crippen LogP contribution in [0.3, 0.4) is 0 Å². The van der Waals surface area contributed by atoms with Crippen molar-refractivity contribution >= 4 is 11.8 Å². The van der Waals surface area contributed by atoms with E-state index in [2.05, 4.69) is 33.8 Å². The van der Waals surface area contributed by atoms with Gasteiger partial charge in [0.1, 0.15) is 6.61 Å². The minimum absolute atomic E-state index is 0.0709. The van der Waals surface area contributed by atoms with Gasteiger partial charge in [0.2, 0.25) is 5.71 Å². The molecule has 0 bridgehead atoms. The average Bonchev–Trinajstić information content (AvgIpc) is 3.45. The Morgan fingerprint density at radius 1 is 1.16 bits per heavy atom. The van der Waals surface area contributed by atoms with Crippen LogP contribution in [0.4, 0.5) is 4.79 Å². The van der Waals surface area contributed by atoms with E-state index in [4.69, 9.17) is 9.47 Å². The van der Waals surface area contributed by atoms with Crippen molar-refractivity contribution in [2.45, 2.75) is 110 Å². The molecule has 2 heterocycles. The quantitative estimate of drug-likeness (QED) is 0.168. The molecular formula is C37H51N2O4+. The third-order valence-electron chi connectivity index (χ3n) is 12.9. The first-order chi connectivity index (χ1) is 20.6. The molecule has 1 aromatic rings. The van der Waals surface area contributed by atoms with E-state index in [9.17, 15) is 10.0 Å². The second-order valence-corrected chi connectivity index (χ2v) is 15.3. The van der Waals surface area contributed by atoms with E-state index >= 15 is 0 Å². The number of rotatable bonds is 2. The summed E-state index contributed by atoms with van der Waals surface area (Å²) in [7, 11) is 1.76. The topological polar surface area (TPSA) is 62.0 Å². The van der Waals surface area contributed by atoms with Gasteiger partial charge in [0.25, 0.3) is 0 Å². The lowest BCUT2D eigenvalue weighted by atomic mass is 9.56. The summed E-state index contributed by atoms with van der Waals surface area (Å²) in [5.41, 5.74) is 6.96. The van der Waals surface area contributed by atoms with Crippen LogP contribution in [0.5, 0.6) is 0 Å². The molecule has 6 aliphatic rings. The van der Waals surface area contributed by atoms with Crippen LogP contribution in [-0.2, 0) is 16.1 Å². The van der Waals surface area contributed by atoms with E-state index in [1.807, 2.05) is 35.2 Å². The van der Waals surface area contributed by atoms with Crippen molar-refractivity contribution in [1.29, 1.82) is 0 Å². The van der Waals surface area contributed by atoms with Crippen molar-refractivity contribution in [1.82, 2.24) is 4.90 Å². The van der Waals surface area contributed by atoms with E-state index < -0.39 is 0 Å². The maximum atomic E-state index is 13.5. The number of hydrogen-bond donors (Lipinski definition) is 1. The Morgan fingerprint density at radius 3 is 2.72 bits per heavy atom. The molecule has 43 heavy (non-hydrogen) atoms. The zero-order valence-corrected chi connectivity index (χ0v) is 26.9. The van der Waals surface area contributed by atoms with Gasteiger partial charge >= 0.3 is 6.09 Å². The van der Waals surface area contributed by atoms with Gasteiger partial charge in [-0.1, -0.05) is 67.8 Å². The highest BCUT2D eigenvalue weighted by Gasteiger charge is 2.60. The molecule has 2 saturated carbocycles. The molecule has 6 nitrogen and oxygen atoms in total. The second-order valence-electron chi connectivity index (χ2n) is 15.3. The predicted molar refractivity (Wildman–Crippen MR) is 167 cm³/mol. The molecule has 1 amide bonds. The summed E-state index contributed by atoms with van der Waals surface area (Å²) in [5, 5.41) is 10.1. The summed E-state index contributed by atoms with van der Waals surface area (Å²) in [5.74, 6) is 2.74. The van der Waals surface area contributed by atoms with Crippen molar-refractivity contribution in [3.05, 3.63) is 58.7 Å². The average molecular weight is 588 g/mol. The lowest BCUT2D eigenvalue weighted by Crippen LogP contribution is -2.54. The number of hydrogen-bond acceptors (Lipinski definition) is 4. The Bertz CT molecular complexity index is 1360. The lowest BCUT2D eigenvalue weighted by molar-refractivity contribution is -0.754. The molecule has 1 aromatic carbocycles. The number of carbonyl (C=O) groups is 1. The highest BCUT2D eigenvalue weighted by Crippen LogP contribution is 2.64. The maximum absolute atomic E-state index is 13.5. The summed E-state index contributed by atoms with van der Waals surface area (Å²) in [6.45, 7) is 10.6. The van der Waals surface area contributed by atoms with Gasteiger partial charge in [0.05, 0.1) is 17.7 Å². The number of carbonyl (C=O) groups excluding carboxylic acids is 1. The third-order valence-corrected chi connectivity index (χ3v) is 12.9. The zero-order valence-electron chi connectivity index (χ0n) is 26.9. The van der Waals surface area contributed by atoms with Gasteiger partial charge in [0.15, 0.2) is 7.05 Å². The molecule has 6 heteroatoms. The van der Waals surface area contributed by atoms with Crippen LogP contribution in [0.25, 0.3) is 0 Å². The first kappa shape index (κ1) is 29.1. The Hall–Kier alpha value is -2.60. The van der Waals surface area contributed by atoms with E-state index in [0.717, 1.165) is 62.3 Å². The summed E-state index contributed by atoms with van der Waals surface area (Å²) >= 11 is 0. The normalized spacial score (nSPS) is 41.6. The van der Waals surface area contributed by atoms with Gasteiger partial charge < -0.3 is 14.4 Å². The van der Waals surface area contributed by atoms with E-state index in [0.29, 0.717) is 24.4 Å². The number of fused-ring (bicyclic) bond motifs is 6. The minimum atomic E-state index is -0.210. The Kier molecular flexibility index (Phi) is 7.31. The van der Waals surface area contributed by atoms with E-state index in [-0.39, 0.29) is 35.2 Å². The molecule has 0 radical (unpaired) electrons. The Labute approximate surface area is 257 Å². The van der Waals surface area contributed by atoms with Crippen LogP contribution in [0.2, 0.25) is 0 Å². The fourth-order valence-corrected chi connectivity index (χ4v) is 10.6. The molecule has 0 unspecified atom stereocenters. The predicted octanol–water partition coefficient (Wildman–Crippen LogP) is 7.55. The molecule has 1 N–H and O–H groups in total. The van der Waals surface area contributed by atoms with Crippen molar-refractivity contribution in [2.75, 3.05) is 13.6 Å². The number of ether oxygens (including phenoxy) is 2. The zero-order chi connectivity index (χ0) is 30.1. The van der Waals surface area contributed by atoms with Crippen molar-refractivity contribution < 1.29 is 24.2 Å². The Morgan fingerprint density at radius 2 is 1.95 bits per heavy atom. The molecule has 4 fully saturated rings.